The van der Waals surface area contributed by atoms with Gasteiger partial charge in [0, 0.05) is 21.5 Å². The summed E-state index contributed by atoms with van der Waals surface area (Å²) in [6.07, 6.45) is -5.38. The van der Waals surface area contributed by atoms with Crippen molar-refractivity contribution >= 4 is 53.1 Å². The van der Waals surface area contributed by atoms with Gasteiger partial charge in [0.25, 0.3) is 0 Å². The number of hydrogen-bond donors (Lipinski definition) is 0. The van der Waals surface area contributed by atoms with Crippen LogP contribution in [0.4, 0.5) is 26.3 Å². The first-order valence-corrected chi connectivity index (χ1v) is 14.1. The van der Waals surface area contributed by atoms with Gasteiger partial charge in [-0.3, -0.25) is 0 Å². The summed E-state index contributed by atoms with van der Waals surface area (Å²) in [5.74, 6) is 0. The quantitative estimate of drug-likeness (QED) is 0.142. The van der Waals surface area contributed by atoms with Crippen LogP contribution in [0.1, 0.15) is 11.1 Å². The van der Waals surface area contributed by atoms with Crippen LogP contribution >= 0.6 is 11.3 Å². The third-order valence-electron chi connectivity index (χ3n) is 7.80. The first-order chi connectivity index (χ1) is 21.5. The van der Waals surface area contributed by atoms with E-state index in [1.807, 2.05) is 12.4 Å². The monoisotopic (exact) mass is 624 g/mol. The van der Waals surface area contributed by atoms with Crippen LogP contribution in [0, 0.1) is 22.9 Å². The molecule has 0 unspecified atom stereocenters. The van der Waals surface area contributed by atoms with Gasteiger partial charge in [0.05, 0.1) is 20.5 Å². The standard InChI is InChI=1S/C34H14F6N4S/c35-33(36,37)21-5-1-3-17(11-21)19-7-9-23-25(13-19)29(43-15-41)31-27(23)28-24-10-8-20(14-26(24)30(44-16-42)32(28)45-31)18-4-2-6-22(12-18)34(38,39)40/h1-14H/b43-29-,44-30+. The fourth-order valence-corrected chi connectivity index (χ4v) is 7.21. The molecule has 0 amide bonds. The second kappa shape index (κ2) is 10.0. The van der Waals surface area contributed by atoms with Crippen molar-refractivity contribution in [2.24, 2.45) is 9.98 Å². The van der Waals surface area contributed by atoms with E-state index in [-0.39, 0.29) is 0 Å². The van der Waals surface area contributed by atoms with Crippen molar-refractivity contribution in [2.45, 2.75) is 12.4 Å². The average molecular weight is 625 g/mol. The molecule has 0 fully saturated rings. The van der Waals surface area contributed by atoms with Crippen molar-refractivity contribution in [1.82, 2.24) is 0 Å². The Kier molecular flexibility index (Phi) is 6.29. The molecule has 0 aliphatic rings. The Morgan fingerprint density at radius 1 is 0.511 bits per heavy atom. The largest absolute Gasteiger partial charge is 0.416 e. The highest BCUT2D eigenvalue weighted by Gasteiger charge is 2.31. The molecular weight excluding hydrogens is 610 g/mol. The number of hydrogen-bond acceptors (Lipinski definition) is 5. The van der Waals surface area contributed by atoms with Crippen LogP contribution in [-0.4, -0.2) is 0 Å². The van der Waals surface area contributed by atoms with E-state index in [1.54, 1.807) is 48.5 Å². The third kappa shape index (κ3) is 4.52. The van der Waals surface area contributed by atoms with Gasteiger partial charge < -0.3 is 0 Å². The van der Waals surface area contributed by atoms with Crippen LogP contribution in [0.15, 0.2) is 94.9 Å². The zero-order chi connectivity index (χ0) is 31.7. The maximum Gasteiger partial charge on any atom is 0.416 e. The molecule has 7 rings (SSSR count). The molecule has 1 heterocycles. The third-order valence-corrected chi connectivity index (χ3v) is 9.00. The second-order valence-corrected chi connectivity index (χ2v) is 11.3. The molecule has 4 nitrogen and oxygen atoms in total. The van der Waals surface area contributed by atoms with Gasteiger partial charge in [-0.15, -0.1) is 11.3 Å². The van der Waals surface area contributed by atoms with Crippen molar-refractivity contribution in [2.75, 3.05) is 0 Å². The van der Waals surface area contributed by atoms with E-state index in [9.17, 15) is 36.9 Å². The molecule has 6 aromatic carbocycles. The van der Waals surface area contributed by atoms with Crippen molar-refractivity contribution in [1.29, 1.82) is 10.5 Å². The number of halogens is 6. The molecule has 0 N–H and O–H groups in total. The molecule has 0 aliphatic heterocycles. The molecule has 0 aliphatic carbocycles. The molecule has 0 saturated heterocycles. The number of thiophene rings is 1. The smallest absolute Gasteiger partial charge is 0.172 e. The lowest BCUT2D eigenvalue weighted by Gasteiger charge is -2.09. The number of alkyl halides is 6. The summed E-state index contributed by atoms with van der Waals surface area (Å²) in [7, 11) is 0. The van der Waals surface area contributed by atoms with Gasteiger partial charge in [-0.25, -0.2) is 0 Å². The minimum Gasteiger partial charge on any atom is -0.172 e. The van der Waals surface area contributed by atoms with Crippen LogP contribution in [0.3, 0.4) is 0 Å². The second-order valence-electron chi connectivity index (χ2n) is 10.3. The Morgan fingerprint density at radius 2 is 0.911 bits per heavy atom. The maximum atomic E-state index is 13.4. The Morgan fingerprint density at radius 3 is 1.29 bits per heavy atom. The van der Waals surface area contributed by atoms with E-state index in [4.69, 9.17) is 0 Å². The number of nitrogens with zero attached hydrogens (tertiary/aromatic N) is 4. The lowest BCUT2D eigenvalue weighted by molar-refractivity contribution is -0.138. The number of nitriles is 2. The minimum atomic E-state index is -4.51. The van der Waals surface area contributed by atoms with Gasteiger partial charge in [-0.05, 0) is 69.4 Å². The molecule has 1 aromatic heterocycles. The summed E-state index contributed by atoms with van der Waals surface area (Å²) < 4.78 is 81.7. The lowest BCUT2D eigenvalue weighted by atomic mass is 9.99. The van der Waals surface area contributed by atoms with E-state index in [0.29, 0.717) is 63.9 Å². The zero-order valence-corrected chi connectivity index (χ0v) is 23.4. The lowest BCUT2D eigenvalue weighted by Crippen LogP contribution is -2.04. The Hall–Kier alpha value is -5.52. The number of rotatable bonds is 2. The summed E-state index contributed by atoms with van der Waals surface area (Å²) in [4.78, 5) is 8.15. The van der Waals surface area contributed by atoms with Gasteiger partial charge in [0.2, 0.25) is 12.4 Å². The normalized spacial score (nSPS) is 13.3. The predicted octanol–water partition coefficient (Wildman–Crippen LogP) is 9.37. The topological polar surface area (TPSA) is 72.3 Å². The Bertz CT molecular complexity index is 2370. The zero-order valence-electron chi connectivity index (χ0n) is 22.5. The van der Waals surface area contributed by atoms with E-state index < -0.39 is 23.5 Å². The maximum absolute atomic E-state index is 13.4. The summed E-state index contributed by atoms with van der Waals surface area (Å²) >= 11 is 1.27. The highest BCUT2D eigenvalue weighted by atomic mass is 32.1. The van der Waals surface area contributed by atoms with Crippen molar-refractivity contribution < 1.29 is 26.3 Å². The number of benzene rings is 4. The minimum absolute atomic E-state index is 0.348. The van der Waals surface area contributed by atoms with E-state index in [1.165, 1.54) is 23.5 Å². The Labute approximate surface area is 253 Å². The van der Waals surface area contributed by atoms with Gasteiger partial charge in [0.1, 0.15) is 10.7 Å². The molecule has 0 radical (unpaired) electrons. The first-order valence-electron chi connectivity index (χ1n) is 13.3. The molecule has 0 bridgehead atoms. The molecule has 0 saturated carbocycles. The number of fused-ring (bicyclic) bond motifs is 7. The van der Waals surface area contributed by atoms with Crippen LogP contribution in [0.25, 0.3) is 64.0 Å². The van der Waals surface area contributed by atoms with Crippen LogP contribution in [0.2, 0.25) is 0 Å². The summed E-state index contributed by atoms with van der Waals surface area (Å²) in [5, 5.41) is 23.8. The van der Waals surface area contributed by atoms with Gasteiger partial charge in [-0.1, -0.05) is 48.5 Å². The van der Waals surface area contributed by atoms with Crippen LogP contribution in [0.5, 0.6) is 0 Å². The molecule has 45 heavy (non-hydrogen) atoms. The summed E-state index contributed by atoms with van der Waals surface area (Å²) in [6.45, 7) is 0. The predicted molar refractivity (Wildman–Crippen MR) is 160 cm³/mol. The molecular formula is C34H14F6N4S. The fourth-order valence-electron chi connectivity index (χ4n) is 5.87. The van der Waals surface area contributed by atoms with Crippen molar-refractivity contribution in [3.8, 4) is 34.6 Å². The highest BCUT2D eigenvalue weighted by Crippen LogP contribution is 2.43. The van der Waals surface area contributed by atoms with E-state index >= 15 is 0 Å². The molecule has 0 atom stereocenters. The van der Waals surface area contributed by atoms with Gasteiger partial charge in [-0.2, -0.15) is 46.9 Å². The summed E-state index contributed by atoms with van der Waals surface area (Å²) in [5.41, 5.74) is 0.147. The SMILES string of the molecule is N#C/N=c1/c2cc(-c3cccc(C(F)(F)F)c3)ccc2c2c1sc1/c(=N/C#N)c3cc(-c4cccc(C(F)(F)F)c4)ccc3c12. The van der Waals surface area contributed by atoms with E-state index in [2.05, 4.69) is 9.98 Å². The Balaban J connectivity index is 1.50. The van der Waals surface area contributed by atoms with Crippen molar-refractivity contribution in [3.63, 3.8) is 0 Å². The highest BCUT2D eigenvalue weighted by molar-refractivity contribution is 7.26. The summed E-state index contributed by atoms with van der Waals surface area (Å²) in [6, 6.07) is 20.3. The molecule has 7 aromatic rings. The molecule has 0 spiro atoms. The van der Waals surface area contributed by atoms with E-state index in [0.717, 1.165) is 35.0 Å². The first kappa shape index (κ1) is 28.3. The molecule has 218 valence electrons. The van der Waals surface area contributed by atoms with Crippen molar-refractivity contribution in [3.05, 3.63) is 107 Å². The van der Waals surface area contributed by atoms with Crippen LogP contribution < -0.4 is 10.7 Å². The molecule has 11 heteroatoms. The van der Waals surface area contributed by atoms with Crippen LogP contribution in [-0.2, 0) is 12.4 Å². The average Bonchev–Trinajstić information content (AvgIpc) is 3.63. The van der Waals surface area contributed by atoms with Gasteiger partial charge >= 0.3 is 12.4 Å². The van der Waals surface area contributed by atoms with Gasteiger partial charge in [0.15, 0.2) is 0 Å². The fraction of sp³-hybridized carbons (Fsp3) is 0.0588.